The minimum Gasteiger partial charge on any atom is -0.497 e. The van der Waals surface area contributed by atoms with Gasteiger partial charge in [0.15, 0.2) is 5.65 Å². The molecule has 3 heterocycles. The number of fused-ring (bicyclic) bond motifs is 1. The van der Waals surface area contributed by atoms with Gasteiger partial charge >= 0.3 is 0 Å². The lowest BCUT2D eigenvalue weighted by molar-refractivity contribution is 0.414. The van der Waals surface area contributed by atoms with E-state index in [4.69, 9.17) is 19.8 Å². The van der Waals surface area contributed by atoms with Gasteiger partial charge in [0.1, 0.15) is 17.4 Å². The van der Waals surface area contributed by atoms with Gasteiger partial charge in [-0.05, 0) is 69.5 Å². The molecule has 2 aromatic carbocycles. The number of nitrogens with zero attached hydrogens (tertiary/aromatic N) is 6. The molecule has 1 aliphatic heterocycles. The Morgan fingerprint density at radius 3 is 2.32 bits per heavy atom. The number of hydrogen-bond acceptors (Lipinski definition) is 7. The fraction of sp³-hybridized carbons (Fsp3) is 0.393. The average molecular weight is 533 g/mol. The molecule has 0 atom stereocenters. The van der Waals surface area contributed by atoms with Crippen LogP contribution in [-0.4, -0.2) is 65.8 Å². The molecule has 2 fully saturated rings. The van der Waals surface area contributed by atoms with Crippen molar-refractivity contribution < 1.29 is 13.2 Å². The summed E-state index contributed by atoms with van der Waals surface area (Å²) in [4.78, 5) is 12.6. The first kappa shape index (κ1) is 24.8. The summed E-state index contributed by atoms with van der Waals surface area (Å²) in [5.74, 6) is 2.84. The zero-order chi connectivity index (χ0) is 26.4. The number of sulfonamides is 1. The number of rotatable bonds is 6. The van der Waals surface area contributed by atoms with Crippen molar-refractivity contribution in [3.8, 4) is 11.4 Å². The van der Waals surface area contributed by atoms with Gasteiger partial charge in [0.25, 0.3) is 0 Å². The first-order valence-corrected chi connectivity index (χ1v) is 14.5. The lowest BCUT2D eigenvalue weighted by Gasteiger charge is -2.24. The highest BCUT2D eigenvalue weighted by Gasteiger charge is 2.32. The van der Waals surface area contributed by atoms with Crippen LogP contribution in [0.25, 0.3) is 16.7 Å². The first-order valence-electron chi connectivity index (χ1n) is 13.1. The second-order valence-electron chi connectivity index (χ2n) is 10.1. The van der Waals surface area contributed by atoms with Gasteiger partial charge in [-0.2, -0.15) is 9.40 Å². The van der Waals surface area contributed by atoms with E-state index in [1.807, 2.05) is 54.9 Å². The number of ether oxygens (including phenoxy) is 1. The van der Waals surface area contributed by atoms with Crippen molar-refractivity contribution in [3.63, 3.8) is 0 Å². The van der Waals surface area contributed by atoms with Crippen LogP contribution in [0.2, 0.25) is 0 Å². The molecule has 10 heteroatoms. The molecule has 198 valence electrons. The smallest absolute Gasteiger partial charge is 0.243 e. The van der Waals surface area contributed by atoms with E-state index in [0.717, 1.165) is 58.2 Å². The van der Waals surface area contributed by atoms with Gasteiger partial charge in [-0.3, -0.25) is 0 Å². The van der Waals surface area contributed by atoms with Crippen LogP contribution in [0, 0.1) is 13.8 Å². The van der Waals surface area contributed by atoms with Gasteiger partial charge < -0.3 is 9.64 Å². The van der Waals surface area contributed by atoms with Crippen LogP contribution in [0.5, 0.6) is 5.75 Å². The zero-order valence-electron chi connectivity index (χ0n) is 22.0. The van der Waals surface area contributed by atoms with E-state index < -0.39 is 10.0 Å². The van der Waals surface area contributed by atoms with Gasteiger partial charge in [0, 0.05) is 32.1 Å². The lowest BCUT2D eigenvalue weighted by Crippen LogP contribution is -2.35. The minimum absolute atomic E-state index is 0.341. The van der Waals surface area contributed by atoms with Gasteiger partial charge in [-0.25, -0.2) is 23.1 Å². The molecule has 0 bridgehead atoms. The topological polar surface area (TPSA) is 93.5 Å². The molecule has 0 unspecified atom stereocenters. The molecular weight excluding hydrogens is 500 g/mol. The molecule has 0 amide bonds. The Balaban J connectivity index is 1.36. The van der Waals surface area contributed by atoms with E-state index in [0.29, 0.717) is 43.4 Å². The molecule has 1 saturated carbocycles. The van der Waals surface area contributed by atoms with Crippen LogP contribution in [0.4, 0.5) is 5.82 Å². The van der Waals surface area contributed by atoms with Crippen LogP contribution < -0.4 is 9.64 Å². The monoisotopic (exact) mass is 532 g/mol. The van der Waals surface area contributed by atoms with E-state index in [1.54, 1.807) is 23.5 Å². The SMILES string of the molecule is COc1ccc(-n2nc(C)c3c(N4CCCN(S(=O)(=O)c5ccc(C)cc5)CC4)nc(C4CC4)nc32)cc1. The van der Waals surface area contributed by atoms with E-state index >= 15 is 0 Å². The highest BCUT2D eigenvalue weighted by molar-refractivity contribution is 7.89. The Morgan fingerprint density at radius 1 is 0.895 bits per heavy atom. The Morgan fingerprint density at radius 2 is 1.63 bits per heavy atom. The van der Waals surface area contributed by atoms with Crippen molar-refractivity contribution in [1.82, 2.24) is 24.1 Å². The van der Waals surface area contributed by atoms with Gasteiger partial charge in [-0.15, -0.1) is 0 Å². The zero-order valence-corrected chi connectivity index (χ0v) is 22.8. The molecule has 0 spiro atoms. The van der Waals surface area contributed by atoms with E-state index in [-0.39, 0.29) is 0 Å². The summed E-state index contributed by atoms with van der Waals surface area (Å²) >= 11 is 0. The average Bonchev–Trinajstić information content (AvgIpc) is 3.75. The van der Waals surface area contributed by atoms with Crippen molar-refractivity contribution in [2.75, 3.05) is 38.2 Å². The first-order chi connectivity index (χ1) is 18.3. The molecule has 6 rings (SSSR count). The number of methoxy groups -OCH3 is 1. The van der Waals surface area contributed by atoms with Crippen LogP contribution in [0.15, 0.2) is 53.4 Å². The number of aromatic nitrogens is 4. The maximum atomic E-state index is 13.4. The van der Waals surface area contributed by atoms with Gasteiger partial charge in [0.2, 0.25) is 10.0 Å². The number of anilines is 1. The maximum absolute atomic E-state index is 13.4. The summed E-state index contributed by atoms with van der Waals surface area (Å²) in [7, 11) is -1.91. The third-order valence-electron chi connectivity index (χ3n) is 7.37. The summed E-state index contributed by atoms with van der Waals surface area (Å²) in [6, 6.07) is 14.9. The fourth-order valence-electron chi connectivity index (χ4n) is 5.04. The summed E-state index contributed by atoms with van der Waals surface area (Å²) in [6.07, 6.45) is 2.88. The van der Waals surface area contributed by atoms with Crippen LogP contribution in [-0.2, 0) is 10.0 Å². The third-order valence-corrected chi connectivity index (χ3v) is 9.29. The molecule has 2 aliphatic rings. The fourth-order valence-corrected chi connectivity index (χ4v) is 6.51. The van der Waals surface area contributed by atoms with Crippen molar-refractivity contribution >= 4 is 26.9 Å². The summed E-state index contributed by atoms with van der Waals surface area (Å²) in [5.41, 5.74) is 3.58. The number of aryl methyl sites for hydroxylation is 2. The Hall–Kier alpha value is -3.50. The predicted molar refractivity (Wildman–Crippen MR) is 147 cm³/mol. The second-order valence-corrected chi connectivity index (χ2v) is 12.1. The van der Waals surface area contributed by atoms with Crippen molar-refractivity contribution in [2.45, 2.75) is 43.9 Å². The predicted octanol–water partition coefficient (Wildman–Crippen LogP) is 4.22. The Labute approximate surface area is 223 Å². The minimum atomic E-state index is -3.56. The Kier molecular flexibility index (Phi) is 6.31. The highest BCUT2D eigenvalue weighted by Crippen LogP contribution is 2.41. The standard InChI is InChI=1S/C28H32N6O3S/c1-19-5-13-24(14-6-19)38(35,36)33-16-4-15-32(17-18-33)27-25-20(2)31-34(22-9-11-23(37-3)12-10-22)28(25)30-26(29-27)21-7-8-21/h5-6,9-14,21H,4,7-8,15-18H2,1-3H3. The van der Waals surface area contributed by atoms with E-state index in [9.17, 15) is 8.42 Å². The van der Waals surface area contributed by atoms with Crippen LogP contribution in [0.1, 0.15) is 42.3 Å². The third kappa shape index (κ3) is 4.52. The van der Waals surface area contributed by atoms with Crippen molar-refractivity contribution in [2.24, 2.45) is 0 Å². The molecule has 9 nitrogen and oxygen atoms in total. The molecular formula is C28H32N6O3S. The van der Waals surface area contributed by atoms with Crippen LogP contribution in [0.3, 0.4) is 0 Å². The van der Waals surface area contributed by atoms with Gasteiger partial charge in [-0.1, -0.05) is 17.7 Å². The number of hydrogen-bond donors (Lipinski definition) is 0. The molecule has 38 heavy (non-hydrogen) atoms. The van der Waals surface area contributed by atoms with E-state index in [2.05, 4.69) is 4.90 Å². The lowest BCUT2D eigenvalue weighted by atomic mass is 10.2. The summed E-state index contributed by atoms with van der Waals surface area (Å²) in [5, 5.41) is 5.77. The molecule has 4 aromatic rings. The molecule has 1 saturated heterocycles. The molecule has 0 radical (unpaired) electrons. The van der Waals surface area contributed by atoms with E-state index in [1.165, 1.54) is 0 Å². The van der Waals surface area contributed by atoms with Crippen molar-refractivity contribution in [3.05, 3.63) is 65.6 Å². The Bertz CT molecular complexity index is 1580. The summed E-state index contributed by atoms with van der Waals surface area (Å²) in [6.45, 7) is 6.07. The van der Waals surface area contributed by atoms with Crippen LogP contribution >= 0.6 is 0 Å². The largest absolute Gasteiger partial charge is 0.497 e. The normalized spacial score (nSPS) is 17.1. The maximum Gasteiger partial charge on any atom is 0.243 e. The molecule has 1 aliphatic carbocycles. The van der Waals surface area contributed by atoms with Crippen molar-refractivity contribution in [1.29, 1.82) is 0 Å². The number of benzene rings is 2. The highest BCUT2D eigenvalue weighted by atomic mass is 32.2. The van der Waals surface area contributed by atoms with Gasteiger partial charge in [0.05, 0.1) is 28.8 Å². The molecule has 0 N–H and O–H groups in total. The quantitative estimate of drug-likeness (QED) is 0.367. The second kappa shape index (κ2) is 9.67. The molecule has 2 aromatic heterocycles. The summed E-state index contributed by atoms with van der Waals surface area (Å²) < 4.78 is 35.6.